The predicted molar refractivity (Wildman–Crippen MR) is 97.7 cm³/mol. The van der Waals surface area contributed by atoms with Gasteiger partial charge in [-0.05, 0) is 30.3 Å². The minimum absolute atomic E-state index is 0.00175. The van der Waals surface area contributed by atoms with Gasteiger partial charge in [0, 0.05) is 29.6 Å². The van der Waals surface area contributed by atoms with E-state index in [0.29, 0.717) is 28.8 Å². The van der Waals surface area contributed by atoms with Crippen molar-refractivity contribution >= 4 is 40.9 Å². The van der Waals surface area contributed by atoms with E-state index in [1.54, 1.807) is 34.9 Å². The number of rotatable bonds is 4. The second kappa shape index (κ2) is 7.32. The summed E-state index contributed by atoms with van der Waals surface area (Å²) < 4.78 is 1.89. The molecule has 1 saturated heterocycles. The summed E-state index contributed by atoms with van der Waals surface area (Å²) in [5.74, 6) is 1.01. The SMILES string of the molecule is CCC(=O)N1CSCC1C(=O)Nc1ccc(Cl)cc1-n1cccc1. The number of amides is 2. The zero-order valence-electron chi connectivity index (χ0n) is 13.2. The molecule has 2 amide bonds. The Kier molecular flexibility index (Phi) is 5.16. The van der Waals surface area contributed by atoms with Crippen LogP contribution < -0.4 is 5.32 Å². The van der Waals surface area contributed by atoms with Crippen molar-refractivity contribution in [1.82, 2.24) is 9.47 Å². The lowest BCUT2D eigenvalue weighted by Gasteiger charge is -2.23. The summed E-state index contributed by atoms with van der Waals surface area (Å²) in [5.41, 5.74) is 1.46. The van der Waals surface area contributed by atoms with Gasteiger partial charge in [-0.25, -0.2) is 0 Å². The Labute approximate surface area is 150 Å². The normalized spacial score (nSPS) is 17.1. The minimum Gasteiger partial charge on any atom is -0.322 e. The van der Waals surface area contributed by atoms with Crippen molar-refractivity contribution < 1.29 is 9.59 Å². The Morgan fingerprint density at radius 2 is 2.08 bits per heavy atom. The van der Waals surface area contributed by atoms with Crippen molar-refractivity contribution in [2.45, 2.75) is 19.4 Å². The molecule has 1 aliphatic rings. The molecular formula is C17H18ClN3O2S. The fraction of sp³-hybridized carbons (Fsp3) is 0.294. The third kappa shape index (κ3) is 3.44. The van der Waals surface area contributed by atoms with E-state index >= 15 is 0 Å². The summed E-state index contributed by atoms with van der Waals surface area (Å²) in [6, 6.07) is 8.70. The van der Waals surface area contributed by atoms with Crippen LogP contribution in [0.3, 0.4) is 0 Å². The first kappa shape index (κ1) is 16.9. The van der Waals surface area contributed by atoms with E-state index in [4.69, 9.17) is 11.6 Å². The fourth-order valence-corrected chi connectivity index (χ4v) is 3.99. The number of anilines is 1. The molecule has 0 saturated carbocycles. The van der Waals surface area contributed by atoms with Crippen molar-refractivity contribution in [2.75, 3.05) is 16.9 Å². The zero-order valence-corrected chi connectivity index (χ0v) is 14.8. The highest BCUT2D eigenvalue weighted by Crippen LogP contribution is 2.27. The lowest BCUT2D eigenvalue weighted by Crippen LogP contribution is -2.44. The second-order valence-corrected chi connectivity index (χ2v) is 6.91. The van der Waals surface area contributed by atoms with E-state index in [9.17, 15) is 9.59 Å². The predicted octanol–water partition coefficient (Wildman–Crippen LogP) is 3.38. The topological polar surface area (TPSA) is 54.3 Å². The minimum atomic E-state index is -0.435. The molecule has 2 heterocycles. The Balaban J connectivity index is 1.83. The van der Waals surface area contributed by atoms with Crippen molar-refractivity contribution in [2.24, 2.45) is 0 Å². The first-order valence-electron chi connectivity index (χ1n) is 7.71. The number of thioether (sulfide) groups is 1. The van der Waals surface area contributed by atoms with Gasteiger partial charge in [0.25, 0.3) is 0 Å². The highest BCUT2D eigenvalue weighted by molar-refractivity contribution is 7.99. The van der Waals surface area contributed by atoms with Crippen LogP contribution in [0.2, 0.25) is 5.02 Å². The Morgan fingerprint density at radius 1 is 1.33 bits per heavy atom. The maximum absolute atomic E-state index is 12.7. The van der Waals surface area contributed by atoms with E-state index in [-0.39, 0.29) is 11.8 Å². The third-order valence-corrected chi connectivity index (χ3v) is 5.16. The molecule has 2 aromatic rings. The molecule has 7 heteroatoms. The van der Waals surface area contributed by atoms with Crippen LogP contribution in [-0.2, 0) is 9.59 Å². The Bertz CT molecular complexity index is 748. The van der Waals surface area contributed by atoms with Crippen LogP contribution in [0.4, 0.5) is 5.69 Å². The maximum atomic E-state index is 12.7. The van der Waals surface area contributed by atoms with Gasteiger partial charge in [-0.2, -0.15) is 0 Å². The van der Waals surface area contributed by atoms with Crippen molar-refractivity contribution in [3.05, 3.63) is 47.7 Å². The zero-order chi connectivity index (χ0) is 17.1. The van der Waals surface area contributed by atoms with Crippen LogP contribution in [0.15, 0.2) is 42.7 Å². The first-order valence-corrected chi connectivity index (χ1v) is 9.24. The molecular weight excluding hydrogens is 346 g/mol. The molecule has 1 aromatic heterocycles. The third-order valence-electron chi connectivity index (χ3n) is 3.91. The molecule has 0 radical (unpaired) electrons. The molecule has 0 aliphatic carbocycles. The van der Waals surface area contributed by atoms with E-state index < -0.39 is 6.04 Å². The van der Waals surface area contributed by atoms with Gasteiger partial charge in [0.15, 0.2) is 0 Å². The van der Waals surface area contributed by atoms with E-state index in [2.05, 4.69) is 5.32 Å². The molecule has 3 rings (SSSR count). The molecule has 1 aromatic carbocycles. The van der Waals surface area contributed by atoms with Crippen molar-refractivity contribution in [1.29, 1.82) is 0 Å². The lowest BCUT2D eigenvalue weighted by atomic mass is 10.2. The van der Waals surface area contributed by atoms with Gasteiger partial charge in [-0.3, -0.25) is 9.59 Å². The summed E-state index contributed by atoms with van der Waals surface area (Å²) in [5, 5.41) is 3.54. The first-order chi connectivity index (χ1) is 11.6. The number of aromatic nitrogens is 1. The Morgan fingerprint density at radius 3 is 2.79 bits per heavy atom. The molecule has 1 unspecified atom stereocenters. The summed E-state index contributed by atoms with van der Waals surface area (Å²) in [6.07, 6.45) is 4.18. The van der Waals surface area contributed by atoms with Crippen LogP contribution in [0.25, 0.3) is 5.69 Å². The smallest absolute Gasteiger partial charge is 0.248 e. The quantitative estimate of drug-likeness (QED) is 0.906. The monoisotopic (exact) mass is 363 g/mol. The highest BCUT2D eigenvalue weighted by atomic mass is 35.5. The molecule has 1 N–H and O–H groups in total. The number of hydrogen-bond acceptors (Lipinski definition) is 3. The van der Waals surface area contributed by atoms with Gasteiger partial charge in [-0.1, -0.05) is 18.5 Å². The number of halogens is 1. The summed E-state index contributed by atoms with van der Waals surface area (Å²) >= 11 is 7.69. The van der Waals surface area contributed by atoms with Crippen LogP contribution in [0.1, 0.15) is 13.3 Å². The summed E-state index contributed by atoms with van der Waals surface area (Å²) in [6.45, 7) is 1.81. The Hall–Kier alpha value is -1.92. The molecule has 126 valence electrons. The van der Waals surface area contributed by atoms with E-state index in [1.807, 2.05) is 36.0 Å². The summed E-state index contributed by atoms with van der Waals surface area (Å²) in [7, 11) is 0. The molecule has 0 spiro atoms. The standard InChI is InChI=1S/C17H18ClN3O2S/c1-2-16(22)21-11-24-10-15(21)17(23)19-13-6-5-12(18)9-14(13)20-7-3-4-8-20/h3-9,15H,2,10-11H2,1H3,(H,19,23). The highest BCUT2D eigenvalue weighted by Gasteiger charge is 2.34. The molecule has 5 nitrogen and oxygen atoms in total. The van der Waals surface area contributed by atoms with Gasteiger partial charge in [0.1, 0.15) is 6.04 Å². The van der Waals surface area contributed by atoms with Crippen LogP contribution in [0, 0.1) is 0 Å². The lowest BCUT2D eigenvalue weighted by molar-refractivity contribution is -0.135. The van der Waals surface area contributed by atoms with Crippen LogP contribution in [0.5, 0.6) is 0 Å². The van der Waals surface area contributed by atoms with Gasteiger partial charge in [-0.15, -0.1) is 11.8 Å². The summed E-state index contributed by atoms with van der Waals surface area (Å²) in [4.78, 5) is 26.3. The largest absolute Gasteiger partial charge is 0.322 e. The van der Waals surface area contributed by atoms with E-state index in [1.165, 1.54) is 0 Å². The van der Waals surface area contributed by atoms with E-state index in [0.717, 1.165) is 5.69 Å². The number of hydrogen-bond donors (Lipinski definition) is 1. The molecule has 1 aliphatic heterocycles. The number of carbonyl (C=O) groups excluding carboxylic acids is 2. The number of nitrogens with zero attached hydrogens (tertiary/aromatic N) is 2. The van der Waals surface area contributed by atoms with Crippen LogP contribution in [-0.4, -0.2) is 39.0 Å². The fourth-order valence-electron chi connectivity index (χ4n) is 2.64. The maximum Gasteiger partial charge on any atom is 0.248 e. The molecule has 1 fully saturated rings. The second-order valence-electron chi connectivity index (χ2n) is 5.47. The van der Waals surface area contributed by atoms with Gasteiger partial charge >= 0.3 is 0 Å². The average molecular weight is 364 g/mol. The van der Waals surface area contributed by atoms with Crippen LogP contribution >= 0.6 is 23.4 Å². The number of nitrogens with one attached hydrogen (secondary N) is 1. The van der Waals surface area contributed by atoms with Crippen molar-refractivity contribution in [3.8, 4) is 5.69 Å². The van der Waals surface area contributed by atoms with Crippen molar-refractivity contribution in [3.63, 3.8) is 0 Å². The number of benzene rings is 1. The number of carbonyl (C=O) groups is 2. The molecule has 0 bridgehead atoms. The molecule has 1 atom stereocenters. The average Bonchev–Trinajstić information content (AvgIpc) is 3.27. The van der Waals surface area contributed by atoms with Gasteiger partial charge in [0.05, 0.1) is 17.3 Å². The van der Waals surface area contributed by atoms with Gasteiger partial charge in [0.2, 0.25) is 11.8 Å². The molecule has 24 heavy (non-hydrogen) atoms. The van der Waals surface area contributed by atoms with Gasteiger partial charge < -0.3 is 14.8 Å².